The molecule has 0 bridgehead atoms. The van der Waals surface area contributed by atoms with Gasteiger partial charge in [0.25, 0.3) is 0 Å². The minimum absolute atomic E-state index is 0.0687. The molecule has 1 aliphatic heterocycles. The number of nitrogens with one attached hydrogen (secondary N) is 1. The monoisotopic (exact) mass is 280 g/mol. The van der Waals surface area contributed by atoms with Crippen LogP contribution in [0.3, 0.4) is 0 Å². The van der Waals surface area contributed by atoms with E-state index in [2.05, 4.69) is 15.5 Å². The van der Waals surface area contributed by atoms with E-state index < -0.39 is 12.1 Å². The van der Waals surface area contributed by atoms with Crippen LogP contribution in [0.1, 0.15) is 44.8 Å². The molecular weight excluding hydrogens is 260 g/mol. The fraction of sp³-hybridized carbons (Fsp3) is 0.692. The lowest BCUT2D eigenvalue weighted by molar-refractivity contribution is -0.150. The largest absolute Gasteiger partial charge is 0.343 e. The highest BCUT2D eigenvalue weighted by Gasteiger charge is 2.39. The number of rotatable bonds is 5. The van der Waals surface area contributed by atoms with Crippen LogP contribution in [0.15, 0.2) is 4.52 Å². The van der Waals surface area contributed by atoms with Crippen molar-refractivity contribution in [2.24, 2.45) is 0 Å². The van der Waals surface area contributed by atoms with E-state index in [4.69, 9.17) is 4.52 Å². The van der Waals surface area contributed by atoms with Gasteiger partial charge in [0, 0.05) is 6.92 Å². The molecule has 0 radical (unpaired) electrons. The third-order valence-corrected chi connectivity index (χ3v) is 3.42. The summed E-state index contributed by atoms with van der Waals surface area (Å²) in [5, 5.41) is 6.59. The molecule has 0 saturated carbocycles. The highest BCUT2D eigenvalue weighted by molar-refractivity contribution is 5.96. The van der Waals surface area contributed by atoms with E-state index in [9.17, 15) is 9.59 Å². The van der Waals surface area contributed by atoms with Gasteiger partial charge in [0.2, 0.25) is 17.7 Å². The molecule has 1 saturated heterocycles. The van der Waals surface area contributed by atoms with Gasteiger partial charge in [-0.1, -0.05) is 25.4 Å². The van der Waals surface area contributed by atoms with Gasteiger partial charge in [-0.25, -0.2) is 0 Å². The van der Waals surface area contributed by atoms with Crippen molar-refractivity contribution in [3.63, 3.8) is 0 Å². The molecule has 1 fully saturated rings. The van der Waals surface area contributed by atoms with E-state index in [1.165, 1.54) is 0 Å². The summed E-state index contributed by atoms with van der Waals surface area (Å²) in [6.45, 7) is 5.77. The van der Waals surface area contributed by atoms with Crippen LogP contribution in [0.25, 0.3) is 0 Å². The quantitative estimate of drug-likeness (QED) is 0.861. The lowest BCUT2D eigenvalue weighted by atomic mass is 10.0. The van der Waals surface area contributed by atoms with Gasteiger partial charge >= 0.3 is 0 Å². The predicted molar refractivity (Wildman–Crippen MR) is 70.5 cm³/mol. The average Bonchev–Trinajstić information content (AvgIpc) is 2.81. The molecule has 20 heavy (non-hydrogen) atoms. The molecule has 0 aromatic carbocycles. The van der Waals surface area contributed by atoms with Gasteiger partial charge in [-0.15, -0.1) is 0 Å². The van der Waals surface area contributed by atoms with Crippen LogP contribution >= 0.6 is 0 Å². The van der Waals surface area contributed by atoms with Gasteiger partial charge in [-0.05, 0) is 12.8 Å². The maximum Gasteiger partial charge on any atom is 0.246 e. The third-order valence-electron chi connectivity index (χ3n) is 3.42. The average molecular weight is 280 g/mol. The van der Waals surface area contributed by atoms with Crippen molar-refractivity contribution >= 4 is 11.8 Å². The minimum atomic E-state index is -0.464. The molecule has 110 valence electrons. The fourth-order valence-electron chi connectivity index (χ4n) is 2.46. The zero-order valence-corrected chi connectivity index (χ0v) is 12.0. The van der Waals surface area contributed by atoms with Gasteiger partial charge in [-0.2, -0.15) is 4.98 Å². The first-order chi connectivity index (χ1) is 9.56. The molecule has 1 aromatic rings. The molecule has 2 heterocycles. The second-order valence-corrected chi connectivity index (χ2v) is 4.97. The number of carbonyl (C=O) groups is 2. The molecule has 7 nitrogen and oxygen atoms in total. The topological polar surface area (TPSA) is 88.3 Å². The van der Waals surface area contributed by atoms with E-state index >= 15 is 0 Å². The Morgan fingerprint density at radius 3 is 2.65 bits per heavy atom. The first-order valence-corrected chi connectivity index (χ1v) is 6.96. The van der Waals surface area contributed by atoms with Gasteiger partial charge in [0.1, 0.15) is 12.1 Å². The van der Waals surface area contributed by atoms with Crippen molar-refractivity contribution in [2.75, 3.05) is 0 Å². The number of carbonyl (C=O) groups excluding carboxylic acids is 2. The Bertz CT molecular complexity index is 500. The Kier molecular flexibility index (Phi) is 4.36. The van der Waals surface area contributed by atoms with E-state index in [1.54, 1.807) is 11.8 Å². The number of aryl methyl sites for hydroxylation is 1. The molecule has 7 heteroatoms. The SMILES string of the molecule is CCCC1NC(=O)C(CC)N(Cc2noc(C)n2)C1=O. The van der Waals surface area contributed by atoms with Crippen molar-refractivity contribution in [2.45, 2.75) is 58.7 Å². The van der Waals surface area contributed by atoms with Crippen LogP contribution in [-0.4, -0.2) is 38.9 Å². The van der Waals surface area contributed by atoms with Crippen LogP contribution in [0.5, 0.6) is 0 Å². The van der Waals surface area contributed by atoms with Crippen LogP contribution < -0.4 is 5.32 Å². The number of hydrogen-bond donors (Lipinski definition) is 1. The minimum Gasteiger partial charge on any atom is -0.343 e. The van der Waals surface area contributed by atoms with E-state index in [-0.39, 0.29) is 18.4 Å². The summed E-state index contributed by atoms with van der Waals surface area (Å²) in [6, 6.07) is -0.905. The molecule has 1 N–H and O–H groups in total. The highest BCUT2D eigenvalue weighted by atomic mass is 16.5. The summed E-state index contributed by atoms with van der Waals surface area (Å²) in [5.74, 6) is 0.706. The Labute approximate surface area is 117 Å². The van der Waals surface area contributed by atoms with E-state index in [0.29, 0.717) is 24.6 Å². The first kappa shape index (κ1) is 14.5. The number of nitrogens with zero attached hydrogens (tertiary/aromatic N) is 3. The van der Waals surface area contributed by atoms with Crippen molar-refractivity contribution < 1.29 is 14.1 Å². The second-order valence-electron chi connectivity index (χ2n) is 4.97. The van der Waals surface area contributed by atoms with Gasteiger partial charge in [0.15, 0.2) is 5.82 Å². The molecule has 2 atom stereocenters. The summed E-state index contributed by atoms with van der Waals surface area (Å²) in [5.41, 5.74) is 0. The number of amides is 2. The van der Waals surface area contributed by atoms with Crippen LogP contribution in [0.2, 0.25) is 0 Å². The molecule has 1 aromatic heterocycles. The zero-order valence-electron chi connectivity index (χ0n) is 12.0. The van der Waals surface area contributed by atoms with Gasteiger partial charge in [-0.3, -0.25) is 9.59 Å². The van der Waals surface area contributed by atoms with Crippen LogP contribution in [0.4, 0.5) is 0 Å². The first-order valence-electron chi connectivity index (χ1n) is 6.96. The summed E-state index contributed by atoms with van der Waals surface area (Å²) in [4.78, 5) is 30.2. The molecule has 1 aliphatic rings. The van der Waals surface area contributed by atoms with Crippen molar-refractivity contribution in [1.29, 1.82) is 0 Å². The summed E-state index contributed by atoms with van der Waals surface area (Å²) in [6.07, 6.45) is 2.04. The maximum absolute atomic E-state index is 12.5. The molecular formula is C13H20N4O3. The zero-order chi connectivity index (χ0) is 14.7. The fourth-order valence-corrected chi connectivity index (χ4v) is 2.46. The van der Waals surface area contributed by atoms with Crippen LogP contribution in [-0.2, 0) is 16.1 Å². The number of aromatic nitrogens is 2. The molecule has 2 rings (SSSR count). The lowest BCUT2D eigenvalue weighted by Crippen LogP contribution is -2.62. The number of hydrogen-bond acceptors (Lipinski definition) is 5. The van der Waals surface area contributed by atoms with E-state index in [1.807, 2.05) is 13.8 Å². The van der Waals surface area contributed by atoms with Gasteiger partial charge < -0.3 is 14.7 Å². The normalized spacial score (nSPS) is 23.1. The van der Waals surface area contributed by atoms with Crippen molar-refractivity contribution in [3.05, 3.63) is 11.7 Å². The third kappa shape index (κ3) is 2.81. The van der Waals surface area contributed by atoms with Crippen molar-refractivity contribution in [1.82, 2.24) is 20.4 Å². The van der Waals surface area contributed by atoms with Crippen molar-refractivity contribution in [3.8, 4) is 0 Å². The Balaban J connectivity index is 2.19. The van der Waals surface area contributed by atoms with Crippen LogP contribution in [0, 0.1) is 6.92 Å². The Morgan fingerprint density at radius 1 is 1.35 bits per heavy atom. The molecule has 0 aliphatic carbocycles. The smallest absolute Gasteiger partial charge is 0.246 e. The summed E-state index contributed by atoms with van der Waals surface area (Å²) < 4.78 is 4.91. The predicted octanol–water partition coefficient (Wildman–Crippen LogP) is 0.784. The Hall–Kier alpha value is -1.92. The highest BCUT2D eigenvalue weighted by Crippen LogP contribution is 2.18. The molecule has 2 unspecified atom stereocenters. The standard InChI is InChI=1S/C13H20N4O3/c1-4-6-9-13(19)17(10(5-2)12(18)15-9)7-11-14-8(3)20-16-11/h9-10H,4-7H2,1-3H3,(H,15,18). The Morgan fingerprint density at radius 2 is 2.10 bits per heavy atom. The van der Waals surface area contributed by atoms with Gasteiger partial charge in [0.05, 0.1) is 6.54 Å². The molecule has 2 amide bonds. The number of piperazine rings is 1. The summed E-state index contributed by atoms with van der Waals surface area (Å²) >= 11 is 0. The maximum atomic E-state index is 12.5. The summed E-state index contributed by atoms with van der Waals surface area (Å²) in [7, 11) is 0. The molecule has 0 spiro atoms. The lowest BCUT2D eigenvalue weighted by Gasteiger charge is -2.38. The second kappa shape index (κ2) is 6.02. The van der Waals surface area contributed by atoms with E-state index in [0.717, 1.165) is 6.42 Å².